The summed E-state index contributed by atoms with van der Waals surface area (Å²) in [4.78, 5) is 12.1. The van der Waals surface area contributed by atoms with Crippen LogP contribution in [0.1, 0.15) is 15.9 Å². The Morgan fingerprint density at radius 1 is 1.22 bits per heavy atom. The van der Waals surface area contributed by atoms with Crippen LogP contribution in [0.4, 0.5) is 11.4 Å². The number of hydrogen-bond acceptors (Lipinski definition) is 2. The first kappa shape index (κ1) is 12.5. The van der Waals surface area contributed by atoms with Crippen molar-refractivity contribution in [3.05, 3.63) is 58.6 Å². The number of nitrogens with one attached hydrogen (secondary N) is 1. The zero-order valence-corrected chi connectivity index (χ0v) is 10.7. The molecule has 3 N–H and O–H groups in total. The molecule has 2 aromatic rings. The predicted octanol–water partition coefficient (Wildman–Crippen LogP) is 3.48. The lowest BCUT2D eigenvalue weighted by atomic mass is 10.1. The summed E-state index contributed by atoms with van der Waals surface area (Å²) in [5.74, 6) is -0.241. The van der Waals surface area contributed by atoms with Gasteiger partial charge in [-0.3, -0.25) is 4.79 Å². The number of benzene rings is 2. The average molecular weight is 261 g/mol. The van der Waals surface area contributed by atoms with E-state index in [1.807, 2.05) is 37.3 Å². The van der Waals surface area contributed by atoms with Crippen molar-refractivity contribution in [2.24, 2.45) is 0 Å². The molecule has 0 aromatic heterocycles. The van der Waals surface area contributed by atoms with Crippen molar-refractivity contribution in [1.82, 2.24) is 0 Å². The van der Waals surface area contributed by atoms with E-state index in [0.29, 0.717) is 16.3 Å². The fourth-order valence-corrected chi connectivity index (χ4v) is 1.85. The van der Waals surface area contributed by atoms with Gasteiger partial charge in [0, 0.05) is 11.4 Å². The highest BCUT2D eigenvalue weighted by atomic mass is 35.5. The Bertz CT molecular complexity index is 582. The van der Waals surface area contributed by atoms with Crippen LogP contribution in [0, 0.1) is 6.92 Å². The van der Waals surface area contributed by atoms with Gasteiger partial charge in [-0.25, -0.2) is 0 Å². The molecule has 0 fully saturated rings. The molecular weight excluding hydrogens is 248 g/mol. The normalized spacial score (nSPS) is 10.1. The first-order valence-corrected chi connectivity index (χ1v) is 5.88. The van der Waals surface area contributed by atoms with Gasteiger partial charge < -0.3 is 11.1 Å². The molecule has 0 bridgehead atoms. The van der Waals surface area contributed by atoms with Crippen LogP contribution in [0.25, 0.3) is 0 Å². The molecule has 0 aliphatic carbocycles. The third-order valence-corrected chi connectivity index (χ3v) is 2.94. The van der Waals surface area contributed by atoms with Crippen LogP contribution < -0.4 is 11.1 Å². The van der Waals surface area contributed by atoms with E-state index in [9.17, 15) is 4.79 Å². The number of halogens is 1. The van der Waals surface area contributed by atoms with Gasteiger partial charge in [-0.1, -0.05) is 29.8 Å². The number of nitrogen functional groups attached to an aromatic ring is 1. The Morgan fingerprint density at radius 3 is 2.56 bits per heavy atom. The smallest absolute Gasteiger partial charge is 0.257 e. The van der Waals surface area contributed by atoms with Crippen LogP contribution in [0.3, 0.4) is 0 Å². The van der Waals surface area contributed by atoms with E-state index in [-0.39, 0.29) is 5.91 Å². The highest BCUT2D eigenvalue weighted by Gasteiger charge is 2.12. The molecule has 2 rings (SSSR count). The molecule has 2 aromatic carbocycles. The maximum Gasteiger partial charge on any atom is 0.257 e. The molecule has 0 aliphatic rings. The lowest BCUT2D eigenvalue weighted by Crippen LogP contribution is -2.13. The summed E-state index contributed by atoms with van der Waals surface area (Å²) in [5, 5.41) is 3.13. The van der Waals surface area contributed by atoms with Crippen LogP contribution in [0.5, 0.6) is 0 Å². The number of nitrogens with two attached hydrogens (primary N) is 1. The largest absolute Gasteiger partial charge is 0.398 e. The van der Waals surface area contributed by atoms with Crippen LogP contribution >= 0.6 is 11.6 Å². The number of para-hydroxylation sites is 1. The summed E-state index contributed by atoms with van der Waals surface area (Å²) in [6.07, 6.45) is 0. The minimum absolute atomic E-state index is 0.241. The van der Waals surface area contributed by atoms with Crippen molar-refractivity contribution >= 4 is 28.9 Å². The molecule has 3 nitrogen and oxygen atoms in total. The SMILES string of the molecule is Cc1cc(C(=O)Nc2ccccc2)c(Cl)cc1N. The third kappa shape index (κ3) is 2.63. The molecule has 92 valence electrons. The molecule has 0 atom stereocenters. The van der Waals surface area contributed by atoms with Gasteiger partial charge >= 0.3 is 0 Å². The highest BCUT2D eigenvalue weighted by molar-refractivity contribution is 6.34. The summed E-state index contributed by atoms with van der Waals surface area (Å²) < 4.78 is 0. The topological polar surface area (TPSA) is 55.1 Å². The van der Waals surface area contributed by atoms with E-state index in [2.05, 4.69) is 5.32 Å². The van der Waals surface area contributed by atoms with E-state index in [1.165, 1.54) is 0 Å². The molecule has 0 heterocycles. The molecule has 4 heteroatoms. The first-order chi connectivity index (χ1) is 8.58. The van der Waals surface area contributed by atoms with Gasteiger partial charge in [0.05, 0.1) is 10.6 Å². The Labute approximate surface area is 111 Å². The van der Waals surface area contributed by atoms with E-state index in [1.54, 1.807) is 12.1 Å². The van der Waals surface area contributed by atoms with Gasteiger partial charge in [-0.05, 0) is 36.8 Å². The molecule has 0 radical (unpaired) electrons. The van der Waals surface area contributed by atoms with Gasteiger partial charge in [0.2, 0.25) is 0 Å². The summed E-state index contributed by atoms with van der Waals surface area (Å²) in [5.41, 5.74) is 8.29. The molecule has 0 unspecified atom stereocenters. The summed E-state index contributed by atoms with van der Waals surface area (Å²) >= 11 is 6.02. The minimum Gasteiger partial charge on any atom is -0.398 e. The minimum atomic E-state index is -0.241. The van der Waals surface area contributed by atoms with E-state index < -0.39 is 0 Å². The third-order valence-electron chi connectivity index (χ3n) is 2.63. The molecule has 0 saturated heterocycles. The molecule has 1 amide bonds. The van der Waals surface area contributed by atoms with E-state index in [0.717, 1.165) is 11.3 Å². The van der Waals surface area contributed by atoms with Gasteiger partial charge in [-0.15, -0.1) is 0 Å². The fourth-order valence-electron chi connectivity index (χ4n) is 1.59. The monoisotopic (exact) mass is 260 g/mol. The predicted molar refractivity (Wildman–Crippen MR) is 75.0 cm³/mol. The zero-order chi connectivity index (χ0) is 13.1. The number of carbonyl (C=O) groups excluding carboxylic acids is 1. The van der Waals surface area contributed by atoms with Crippen LogP contribution in [-0.4, -0.2) is 5.91 Å². The van der Waals surface area contributed by atoms with Crippen LogP contribution in [-0.2, 0) is 0 Å². The number of aryl methyl sites for hydroxylation is 1. The molecular formula is C14H13ClN2O. The summed E-state index contributed by atoms with van der Waals surface area (Å²) in [6.45, 7) is 1.84. The van der Waals surface area contributed by atoms with Crippen molar-refractivity contribution < 1.29 is 4.79 Å². The van der Waals surface area contributed by atoms with Crippen molar-refractivity contribution in [2.75, 3.05) is 11.1 Å². The van der Waals surface area contributed by atoms with E-state index in [4.69, 9.17) is 17.3 Å². The van der Waals surface area contributed by atoms with Gasteiger partial charge in [-0.2, -0.15) is 0 Å². The molecule has 0 saturated carbocycles. The van der Waals surface area contributed by atoms with Crippen molar-refractivity contribution in [1.29, 1.82) is 0 Å². The van der Waals surface area contributed by atoms with Crippen LogP contribution in [0.2, 0.25) is 5.02 Å². The van der Waals surface area contributed by atoms with Crippen molar-refractivity contribution in [3.63, 3.8) is 0 Å². The number of rotatable bonds is 2. The Balaban J connectivity index is 2.27. The quantitative estimate of drug-likeness (QED) is 0.812. The molecule has 0 spiro atoms. The zero-order valence-electron chi connectivity index (χ0n) is 9.91. The van der Waals surface area contributed by atoms with Crippen molar-refractivity contribution in [3.8, 4) is 0 Å². The number of carbonyl (C=O) groups is 1. The number of anilines is 2. The Kier molecular flexibility index (Phi) is 3.53. The second-order valence-corrected chi connectivity index (χ2v) is 4.42. The van der Waals surface area contributed by atoms with Gasteiger partial charge in [0.1, 0.15) is 0 Å². The lowest BCUT2D eigenvalue weighted by Gasteiger charge is -2.09. The second kappa shape index (κ2) is 5.10. The maximum absolute atomic E-state index is 12.1. The molecule has 18 heavy (non-hydrogen) atoms. The second-order valence-electron chi connectivity index (χ2n) is 4.01. The van der Waals surface area contributed by atoms with E-state index >= 15 is 0 Å². The van der Waals surface area contributed by atoms with Crippen molar-refractivity contribution in [2.45, 2.75) is 6.92 Å². The maximum atomic E-state index is 12.1. The average Bonchev–Trinajstić information content (AvgIpc) is 2.35. The summed E-state index contributed by atoms with van der Waals surface area (Å²) in [7, 11) is 0. The number of hydrogen-bond donors (Lipinski definition) is 2. The van der Waals surface area contributed by atoms with Gasteiger partial charge in [0.15, 0.2) is 0 Å². The first-order valence-electron chi connectivity index (χ1n) is 5.50. The fraction of sp³-hybridized carbons (Fsp3) is 0.0714. The Morgan fingerprint density at radius 2 is 1.89 bits per heavy atom. The summed E-state index contributed by atoms with van der Waals surface area (Å²) in [6, 6.07) is 12.5. The number of amides is 1. The van der Waals surface area contributed by atoms with Crippen LogP contribution in [0.15, 0.2) is 42.5 Å². The van der Waals surface area contributed by atoms with Gasteiger partial charge in [0.25, 0.3) is 5.91 Å². The lowest BCUT2D eigenvalue weighted by molar-refractivity contribution is 0.102. The highest BCUT2D eigenvalue weighted by Crippen LogP contribution is 2.23. The standard InChI is InChI=1S/C14H13ClN2O/c1-9-7-11(12(15)8-13(9)16)14(18)17-10-5-3-2-4-6-10/h2-8H,16H2,1H3,(H,17,18). The molecule has 0 aliphatic heterocycles. The Hall–Kier alpha value is -2.00.